The number of nitrogens with zero attached hydrogens (tertiary/aromatic N) is 2. The summed E-state index contributed by atoms with van der Waals surface area (Å²) in [6.07, 6.45) is 0. The van der Waals surface area contributed by atoms with Gasteiger partial charge in [-0.15, -0.1) is 0 Å². The Morgan fingerprint density at radius 2 is 0.479 bits per heavy atom. The Morgan fingerprint density at radius 3 is 0.830 bits per heavy atom. The molecule has 0 saturated carbocycles. The summed E-state index contributed by atoms with van der Waals surface area (Å²) in [7, 11) is -1.44. The van der Waals surface area contributed by atoms with Crippen LogP contribution in [-0.2, 0) is 0 Å². The topological polar surface area (TPSA) is 50.3 Å². The van der Waals surface area contributed by atoms with Crippen molar-refractivity contribution < 1.29 is 10.0 Å². The second-order valence-electron chi connectivity index (χ2n) is 23.8. The van der Waals surface area contributed by atoms with E-state index in [1.165, 1.54) is 137 Å². The van der Waals surface area contributed by atoms with Crippen LogP contribution in [0.1, 0.15) is 0 Å². The van der Waals surface area contributed by atoms with Crippen LogP contribution in [0.25, 0.3) is 154 Å². The van der Waals surface area contributed by atoms with Gasteiger partial charge in [0.15, 0.2) is 0 Å². The van der Waals surface area contributed by atoms with Gasteiger partial charge in [-0.3, -0.25) is 0 Å². The average Bonchev–Trinajstić information content (AvgIpc) is 1.19. The molecule has 16 aromatic carbocycles. The van der Waals surface area contributed by atoms with Crippen molar-refractivity contribution in [1.29, 1.82) is 0 Å². The minimum atomic E-state index is -1.44. The van der Waals surface area contributed by atoms with Crippen LogP contribution in [-0.4, -0.2) is 26.3 Å². The number of fused-ring (bicyclic) bond motifs is 10. The molecule has 0 fully saturated rings. The van der Waals surface area contributed by atoms with Gasteiger partial charge in [-0.05, 0) is 171 Å². The lowest BCUT2D eigenvalue weighted by Crippen LogP contribution is -2.29. The maximum Gasteiger partial charge on any atom is 0.488 e. The summed E-state index contributed by atoms with van der Waals surface area (Å²) in [5, 5.41) is 33.7. The lowest BCUT2D eigenvalue weighted by molar-refractivity contribution is 0.426. The summed E-state index contributed by atoms with van der Waals surface area (Å²) in [6, 6.07) is 125. The van der Waals surface area contributed by atoms with Crippen LogP contribution in [0, 0.1) is 0 Å². The third-order valence-corrected chi connectivity index (χ3v) is 18.8. The normalized spacial score (nSPS) is 11.4. The van der Waals surface area contributed by atoms with Gasteiger partial charge in [-0.2, -0.15) is 0 Å². The van der Waals surface area contributed by atoms with Gasteiger partial charge in [-0.1, -0.05) is 301 Å². The number of hydrogen-bond acceptors (Lipinski definition) is 2. The maximum atomic E-state index is 9.24. The second kappa shape index (κ2) is 25.0. The predicted molar refractivity (Wildman–Crippen MR) is 403 cm³/mol. The minimum Gasteiger partial charge on any atom is -0.423 e. The van der Waals surface area contributed by atoms with Crippen LogP contribution in [0.3, 0.4) is 0 Å². The molecule has 0 spiro atoms. The average molecular weight is 1270 g/mol. The first-order valence-corrected chi connectivity index (χ1v) is 32.6. The van der Waals surface area contributed by atoms with Crippen molar-refractivity contribution >= 4 is 115 Å². The molecule has 0 atom stereocenters. The van der Waals surface area contributed by atoms with Crippen molar-refractivity contribution in [1.82, 2.24) is 9.13 Å². The number of aromatic nitrogens is 2. The Kier molecular flexibility index (Phi) is 15.4. The molecule has 444 valence electrons. The maximum absolute atomic E-state index is 9.24. The quantitative estimate of drug-likeness (QED) is 0.118. The fraction of sp³-hybridized carbons (Fsp3) is 0. The Morgan fingerprint density at radius 1 is 0.213 bits per heavy atom. The third-order valence-electron chi connectivity index (χ3n) is 18.3. The molecular weight excluding hydrogens is 1210 g/mol. The molecule has 2 N–H and O–H groups in total. The van der Waals surface area contributed by atoms with E-state index >= 15 is 0 Å². The highest BCUT2D eigenvalue weighted by atomic mass is 79.9. The van der Waals surface area contributed by atoms with Gasteiger partial charge in [0.25, 0.3) is 0 Å². The third kappa shape index (κ3) is 10.5. The largest absolute Gasteiger partial charge is 0.488 e. The molecule has 0 aliphatic rings. The van der Waals surface area contributed by atoms with E-state index in [2.05, 4.69) is 328 Å². The molecule has 0 radical (unpaired) electrons. The van der Waals surface area contributed by atoms with Crippen LogP contribution in [0.5, 0.6) is 0 Å². The Balaban J connectivity index is 0.000000121. The van der Waals surface area contributed by atoms with E-state index in [-0.39, 0.29) is 0 Å². The highest BCUT2D eigenvalue weighted by Crippen LogP contribution is 2.47. The van der Waals surface area contributed by atoms with Gasteiger partial charge in [0, 0.05) is 37.4 Å². The van der Waals surface area contributed by atoms with Gasteiger partial charge in [0.1, 0.15) is 0 Å². The Labute approximate surface area is 554 Å². The lowest BCUT2D eigenvalue weighted by Gasteiger charge is -2.19. The van der Waals surface area contributed by atoms with E-state index in [4.69, 9.17) is 0 Å². The number of benzene rings is 16. The second-order valence-corrected chi connectivity index (χ2v) is 24.7. The zero-order chi connectivity index (χ0) is 63.1. The zero-order valence-corrected chi connectivity index (χ0v) is 52.8. The molecule has 2 aromatic heterocycles. The molecule has 0 aliphatic heterocycles. The Bertz CT molecular complexity index is 5710. The standard InChI is InChI=1S/C44H29N.C26H17Br.C18H14BNO2/c1-3-13-31(14-4-1)43-37-19-7-8-20-38(37)44(32-15-5-2-6-16-32)40-29-33(25-28-39(40)43)30-23-26-34(27-24-30)45-41-21-11-9-17-35(41)36-18-10-12-22-42(36)45;27-20-15-16-23-24(17-20)26(19-11-5-2-6-12-19)22-14-8-7-13-21(22)25(23)18-9-3-1-4-10-18;21-19(22)13-9-11-14(12-10-13)20-17-7-3-1-5-15(17)16-6-2-4-8-18(16)20/h1-29H;1-17H;1-12,21-22H. The highest BCUT2D eigenvalue weighted by molar-refractivity contribution is 9.10. The van der Waals surface area contributed by atoms with Crippen molar-refractivity contribution in [2.24, 2.45) is 0 Å². The SMILES string of the molecule is Brc1ccc2c(-c3ccccc3)c3ccccc3c(-c3ccccc3)c2c1.OB(O)c1ccc(-n2c3ccccc3c3ccccc32)cc1.c1ccc(-c2c3ccccc3c(-c3ccccc3)c3cc(-c4ccc(-n5c6ccccc6c6ccccc65)cc4)ccc23)cc1. The van der Waals surface area contributed by atoms with Crippen molar-refractivity contribution in [3.8, 4) is 67.0 Å². The molecule has 2 heterocycles. The van der Waals surface area contributed by atoms with Crippen molar-refractivity contribution in [2.45, 2.75) is 0 Å². The van der Waals surface area contributed by atoms with E-state index < -0.39 is 7.12 Å². The molecular formula is C88H60BBrN2O2. The molecule has 18 aromatic rings. The first-order valence-electron chi connectivity index (χ1n) is 31.8. The summed E-state index contributed by atoms with van der Waals surface area (Å²) in [4.78, 5) is 0. The summed E-state index contributed by atoms with van der Waals surface area (Å²) in [6.45, 7) is 0. The number of halogens is 1. The first kappa shape index (κ1) is 57.8. The van der Waals surface area contributed by atoms with Gasteiger partial charge in [-0.25, -0.2) is 0 Å². The molecule has 94 heavy (non-hydrogen) atoms. The molecule has 0 bridgehead atoms. The summed E-state index contributed by atoms with van der Waals surface area (Å²) >= 11 is 3.68. The number of hydrogen-bond donors (Lipinski definition) is 2. The minimum absolute atomic E-state index is 0.490. The van der Waals surface area contributed by atoms with Crippen LogP contribution in [0.4, 0.5) is 0 Å². The van der Waals surface area contributed by atoms with Crippen LogP contribution in [0.15, 0.2) is 356 Å². The molecule has 0 amide bonds. The van der Waals surface area contributed by atoms with E-state index in [0.717, 1.165) is 21.2 Å². The van der Waals surface area contributed by atoms with Crippen molar-refractivity contribution in [2.75, 3.05) is 0 Å². The first-order chi connectivity index (χ1) is 46.4. The number of rotatable bonds is 8. The Hall–Kier alpha value is -11.4. The fourth-order valence-corrected chi connectivity index (χ4v) is 14.5. The predicted octanol–water partition coefficient (Wildman–Crippen LogP) is 22.6. The van der Waals surface area contributed by atoms with E-state index in [1.54, 1.807) is 12.1 Å². The van der Waals surface area contributed by atoms with E-state index in [1.807, 2.05) is 36.4 Å². The molecule has 0 unspecified atom stereocenters. The monoisotopic (exact) mass is 1270 g/mol. The highest BCUT2D eigenvalue weighted by Gasteiger charge is 2.21. The molecule has 4 nitrogen and oxygen atoms in total. The lowest BCUT2D eigenvalue weighted by atomic mass is 9.80. The summed E-state index contributed by atoms with van der Waals surface area (Å²) in [5.74, 6) is 0. The zero-order valence-electron chi connectivity index (χ0n) is 51.2. The number of para-hydroxylation sites is 4. The van der Waals surface area contributed by atoms with E-state index in [9.17, 15) is 10.0 Å². The van der Waals surface area contributed by atoms with Crippen molar-refractivity contribution in [3.05, 3.63) is 356 Å². The van der Waals surface area contributed by atoms with Gasteiger partial charge in [0.2, 0.25) is 0 Å². The van der Waals surface area contributed by atoms with Crippen LogP contribution >= 0.6 is 15.9 Å². The van der Waals surface area contributed by atoms with Gasteiger partial charge in [0.05, 0.1) is 22.1 Å². The van der Waals surface area contributed by atoms with Gasteiger partial charge < -0.3 is 19.2 Å². The van der Waals surface area contributed by atoms with E-state index in [0.29, 0.717) is 5.46 Å². The molecule has 0 saturated heterocycles. The summed E-state index contributed by atoms with van der Waals surface area (Å²) in [5.41, 5.74) is 19.9. The fourth-order valence-electron chi connectivity index (χ4n) is 14.2. The molecule has 18 rings (SSSR count). The van der Waals surface area contributed by atoms with Crippen LogP contribution < -0.4 is 5.46 Å². The molecule has 6 heteroatoms. The van der Waals surface area contributed by atoms with Crippen LogP contribution in [0.2, 0.25) is 0 Å². The summed E-state index contributed by atoms with van der Waals surface area (Å²) < 4.78 is 5.67. The smallest absolute Gasteiger partial charge is 0.423 e. The van der Waals surface area contributed by atoms with Crippen molar-refractivity contribution in [3.63, 3.8) is 0 Å². The molecule has 0 aliphatic carbocycles. The van der Waals surface area contributed by atoms with Gasteiger partial charge >= 0.3 is 7.12 Å².